The van der Waals surface area contributed by atoms with Gasteiger partial charge in [-0.2, -0.15) is 0 Å². The van der Waals surface area contributed by atoms with Gasteiger partial charge in [0, 0.05) is 20.1 Å². The van der Waals surface area contributed by atoms with Gasteiger partial charge in [-0.15, -0.1) is 0 Å². The van der Waals surface area contributed by atoms with E-state index in [9.17, 15) is 8.42 Å². The second-order valence-electron chi connectivity index (χ2n) is 7.11. The summed E-state index contributed by atoms with van der Waals surface area (Å²) < 4.78 is 23.5. The molecule has 0 radical (unpaired) electrons. The summed E-state index contributed by atoms with van der Waals surface area (Å²) in [7, 11) is -1.38. The van der Waals surface area contributed by atoms with Gasteiger partial charge in [-0.3, -0.25) is 4.99 Å². The van der Waals surface area contributed by atoms with Crippen molar-refractivity contribution in [3.63, 3.8) is 0 Å². The average molecular weight is 348 g/mol. The van der Waals surface area contributed by atoms with E-state index in [1.807, 2.05) is 0 Å². The molecule has 0 aromatic heterocycles. The molecular formula is C17H37N3O2S. The SMILES string of the molecule is CCCCC(CCC)CNC(=NC)NCCS(=O)(=O)C(C)(C)C. The van der Waals surface area contributed by atoms with Crippen LogP contribution in [0.4, 0.5) is 0 Å². The number of hydrogen-bond donors (Lipinski definition) is 2. The van der Waals surface area contributed by atoms with E-state index in [2.05, 4.69) is 29.5 Å². The molecule has 0 fully saturated rings. The quantitative estimate of drug-likeness (QED) is 0.471. The van der Waals surface area contributed by atoms with Crippen LogP contribution in [0, 0.1) is 5.92 Å². The highest BCUT2D eigenvalue weighted by molar-refractivity contribution is 7.92. The molecule has 0 aromatic carbocycles. The van der Waals surface area contributed by atoms with Crippen LogP contribution in [0.2, 0.25) is 0 Å². The Hall–Kier alpha value is -0.780. The maximum atomic E-state index is 12.1. The smallest absolute Gasteiger partial charge is 0.191 e. The molecule has 0 bridgehead atoms. The molecule has 0 aromatic rings. The minimum Gasteiger partial charge on any atom is -0.356 e. The fourth-order valence-electron chi connectivity index (χ4n) is 2.32. The van der Waals surface area contributed by atoms with Gasteiger partial charge in [0.15, 0.2) is 15.8 Å². The molecule has 5 nitrogen and oxygen atoms in total. The van der Waals surface area contributed by atoms with Crippen LogP contribution in [0.3, 0.4) is 0 Å². The average Bonchev–Trinajstić information content (AvgIpc) is 2.46. The van der Waals surface area contributed by atoms with Crippen LogP contribution in [0.25, 0.3) is 0 Å². The first-order chi connectivity index (χ1) is 10.7. The summed E-state index contributed by atoms with van der Waals surface area (Å²) in [5.41, 5.74) is 0. The monoisotopic (exact) mass is 347 g/mol. The molecule has 0 aliphatic rings. The zero-order valence-electron chi connectivity index (χ0n) is 15.9. The van der Waals surface area contributed by atoms with Crippen molar-refractivity contribution in [1.82, 2.24) is 10.6 Å². The molecule has 0 aliphatic heterocycles. The van der Waals surface area contributed by atoms with E-state index < -0.39 is 14.6 Å². The van der Waals surface area contributed by atoms with Crippen LogP contribution < -0.4 is 10.6 Å². The molecule has 0 rings (SSSR count). The van der Waals surface area contributed by atoms with E-state index >= 15 is 0 Å². The number of hydrogen-bond acceptors (Lipinski definition) is 3. The Labute approximate surface area is 143 Å². The summed E-state index contributed by atoms with van der Waals surface area (Å²) in [6, 6.07) is 0. The number of unbranched alkanes of at least 4 members (excludes halogenated alkanes) is 1. The highest BCUT2D eigenvalue weighted by atomic mass is 32.2. The molecule has 138 valence electrons. The van der Waals surface area contributed by atoms with E-state index in [4.69, 9.17) is 0 Å². The molecule has 0 heterocycles. The lowest BCUT2D eigenvalue weighted by atomic mass is 9.97. The number of nitrogens with zero attached hydrogens (tertiary/aromatic N) is 1. The molecule has 6 heteroatoms. The molecule has 0 saturated heterocycles. The molecule has 1 atom stereocenters. The summed E-state index contributed by atoms with van der Waals surface area (Å²) in [4.78, 5) is 4.18. The summed E-state index contributed by atoms with van der Waals surface area (Å²) >= 11 is 0. The van der Waals surface area contributed by atoms with Crippen LogP contribution in [0.15, 0.2) is 4.99 Å². The van der Waals surface area contributed by atoms with Crippen LogP contribution in [0.5, 0.6) is 0 Å². The van der Waals surface area contributed by atoms with Crippen molar-refractivity contribution < 1.29 is 8.42 Å². The van der Waals surface area contributed by atoms with Gasteiger partial charge in [-0.25, -0.2) is 8.42 Å². The maximum Gasteiger partial charge on any atom is 0.191 e. The van der Waals surface area contributed by atoms with E-state index in [1.54, 1.807) is 27.8 Å². The minimum absolute atomic E-state index is 0.116. The normalized spacial score (nSPS) is 14.6. The van der Waals surface area contributed by atoms with Crippen molar-refractivity contribution >= 4 is 15.8 Å². The largest absolute Gasteiger partial charge is 0.356 e. The number of guanidine groups is 1. The lowest BCUT2D eigenvalue weighted by Crippen LogP contribution is -2.43. The zero-order chi connectivity index (χ0) is 17.9. The third kappa shape index (κ3) is 9.18. The van der Waals surface area contributed by atoms with Crippen LogP contribution in [0.1, 0.15) is 66.7 Å². The Morgan fingerprint density at radius 1 is 1.09 bits per heavy atom. The number of nitrogens with one attached hydrogen (secondary N) is 2. The molecule has 1 unspecified atom stereocenters. The van der Waals surface area contributed by atoms with Crippen molar-refractivity contribution in [1.29, 1.82) is 0 Å². The van der Waals surface area contributed by atoms with Gasteiger partial charge in [0.25, 0.3) is 0 Å². The lowest BCUT2D eigenvalue weighted by molar-refractivity contribution is 0.423. The number of sulfone groups is 1. The van der Waals surface area contributed by atoms with Gasteiger partial charge < -0.3 is 10.6 Å². The van der Waals surface area contributed by atoms with Crippen molar-refractivity contribution in [2.75, 3.05) is 25.9 Å². The van der Waals surface area contributed by atoms with Gasteiger partial charge >= 0.3 is 0 Å². The zero-order valence-corrected chi connectivity index (χ0v) is 16.7. The van der Waals surface area contributed by atoms with Gasteiger partial charge in [0.2, 0.25) is 0 Å². The van der Waals surface area contributed by atoms with Gasteiger partial charge in [-0.1, -0.05) is 33.1 Å². The molecular weight excluding hydrogens is 310 g/mol. The van der Waals surface area contributed by atoms with Crippen LogP contribution in [-0.2, 0) is 9.84 Å². The summed E-state index contributed by atoms with van der Waals surface area (Å²) in [6.45, 7) is 10.9. The number of rotatable bonds is 10. The Morgan fingerprint density at radius 2 is 1.74 bits per heavy atom. The summed E-state index contributed by atoms with van der Waals surface area (Å²) in [5.74, 6) is 1.45. The first-order valence-corrected chi connectivity index (χ1v) is 10.5. The third-order valence-corrected chi connectivity index (χ3v) is 6.65. The summed E-state index contributed by atoms with van der Waals surface area (Å²) in [6.07, 6.45) is 6.10. The Bertz CT molecular complexity index is 439. The maximum absolute atomic E-state index is 12.1. The van der Waals surface area contributed by atoms with Gasteiger partial charge in [-0.05, 0) is 39.5 Å². The first-order valence-electron chi connectivity index (χ1n) is 8.84. The van der Waals surface area contributed by atoms with E-state index in [1.165, 1.54) is 32.1 Å². The number of aliphatic imine (C=N–C) groups is 1. The van der Waals surface area contributed by atoms with Gasteiger partial charge in [0.05, 0.1) is 10.5 Å². The summed E-state index contributed by atoms with van der Waals surface area (Å²) in [5, 5.41) is 6.44. The Kier molecular flexibility index (Phi) is 10.5. The predicted octanol–water partition coefficient (Wildman–Crippen LogP) is 2.97. The van der Waals surface area contributed by atoms with Crippen LogP contribution >= 0.6 is 0 Å². The topological polar surface area (TPSA) is 70.6 Å². The molecule has 23 heavy (non-hydrogen) atoms. The fraction of sp³-hybridized carbons (Fsp3) is 0.941. The van der Waals surface area contributed by atoms with E-state index in [0.29, 0.717) is 18.4 Å². The highest BCUT2D eigenvalue weighted by Crippen LogP contribution is 2.15. The molecule has 0 spiro atoms. The van der Waals surface area contributed by atoms with E-state index in [0.717, 1.165) is 6.54 Å². The lowest BCUT2D eigenvalue weighted by Gasteiger charge is -2.21. The Balaban J connectivity index is 4.31. The highest BCUT2D eigenvalue weighted by Gasteiger charge is 2.28. The first kappa shape index (κ1) is 22.2. The van der Waals surface area contributed by atoms with E-state index in [-0.39, 0.29) is 5.75 Å². The fourth-order valence-corrected chi connectivity index (χ4v) is 3.30. The van der Waals surface area contributed by atoms with Gasteiger partial charge in [0.1, 0.15) is 0 Å². The van der Waals surface area contributed by atoms with Crippen molar-refractivity contribution in [2.24, 2.45) is 10.9 Å². The standard InChI is InChI=1S/C17H37N3O2S/c1-7-9-11-15(10-8-2)14-20-16(18-6)19-12-13-23(21,22)17(3,4)5/h15H,7-14H2,1-6H3,(H2,18,19,20). The molecule has 2 N–H and O–H groups in total. The molecule has 0 aliphatic carbocycles. The van der Waals surface area contributed by atoms with Crippen molar-refractivity contribution in [3.8, 4) is 0 Å². The Morgan fingerprint density at radius 3 is 2.22 bits per heavy atom. The van der Waals surface area contributed by atoms with Crippen molar-refractivity contribution in [2.45, 2.75) is 71.5 Å². The third-order valence-electron chi connectivity index (χ3n) is 4.04. The minimum atomic E-state index is -3.10. The molecule has 0 amide bonds. The molecule has 0 saturated carbocycles. The second-order valence-corrected chi connectivity index (χ2v) is 9.97. The second kappa shape index (κ2) is 10.9. The van der Waals surface area contributed by atoms with Crippen LogP contribution in [-0.4, -0.2) is 45.0 Å². The van der Waals surface area contributed by atoms with Crippen molar-refractivity contribution in [3.05, 3.63) is 0 Å². The predicted molar refractivity (Wildman–Crippen MR) is 101 cm³/mol.